The fraction of sp³-hybridized carbons (Fsp3) is 0.435. The highest BCUT2D eigenvalue weighted by molar-refractivity contribution is 7.98. The Morgan fingerprint density at radius 3 is 2.59 bits per heavy atom. The first-order valence-electron chi connectivity index (χ1n) is 10.0. The van der Waals surface area contributed by atoms with Crippen LogP contribution in [-0.4, -0.2) is 21.3 Å². The number of nitrogens with one attached hydrogen (secondary N) is 1. The van der Waals surface area contributed by atoms with Gasteiger partial charge in [-0.2, -0.15) is 0 Å². The number of nitrogens with zero attached hydrogens (tertiary/aromatic N) is 2. The van der Waals surface area contributed by atoms with Crippen molar-refractivity contribution in [2.75, 3.05) is 6.54 Å². The molecule has 1 aliphatic carbocycles. The van der Waals surface area contributed by atoms with E-state index in [1.807, 2.05) is 24.3 Å². The van der Waals surface area contributed by atoms with Crippen LogP contribution in [0.1, 0.15) is 45.1 Å². The molecule has 3 aromatic rings. The zero-order valence-corrected chi connectivity index (χ0v) is 17.3. The Morgan fingerprint density at radius 1 is 1.11 bits per heavy atom. The molecule has 1 saturated carbocycles. The van der Waals surface area contributed by atoms with E-state index in [1.165, 1.54) is 40.4 Å². The molecule has 0 aliphatic heterocycles. The first-order chi connectivity index (χ1) is 13.1. The number of pyridine rings is 1. The molecule has 0 amide bonds. The second-order valence-corrected chi connectivity index (χ2v) is 9.36. The molecule has 1 unspecified atom stereocenters. The Hall–Kier alpha value is -1.78. The van der Waals surface area contributed by atoms with Crippen LogP contribution in [0, 0.1) is 5.92 Å². The molecule has 0 radical (unpaired) electrons. The van der Waals surface area contributed by atoms with Crippen LogP contribution in [0.5, 0.6) is 0 Å². The van der Waals surface area contributed by atoms with Gasteiger partial charge in [-0.05, 0) is 59.6 Å². The molecule has 2 aromatic heterocycles. The Kier molecular flexibility index (Phi) is 5.55. The Labute approximate surface area is 166 Å². The molecule has 4 heteroatoms. The van der Waals surface area contributed by atoms with Crippen LogP contribution in [0.4, 0.5) is 0 Å². The van der Waals surface area contributed by atoms with E-state index in [9.17, 15) is 0 Å². The highest BCUT2D eigenvalue weighted by Gasteiger charge is 2.22. The second kappa shape index (κ2) is 8.07. The van der Waals surface area contributed by atoms with Gasteiger partial charge < -0.3 is 4.57 Å². The standard InChI is InChI=1S/C23H29N3S/c1-16(2)14-26-15-22(17(3)13-25-27-20-5-6-20)21-7-4-19(12-23(21)26)18-8-10-24-11-9-18/h4,7-12,15-17,20,25H,5-6,13-14H2,1-3H3. The van der Waals surface area contributed by atoms with E-state index in [2.05, 4.69) is 71.6 Å². The van der Waals surface area contributed by atoms with Crippen LogP contribution in [0.25, 0.3) is 22.0 Å². The van der Waals surface area contributed by atoms with Gasteiger partial charge in [-0.25, -0.2) is 0 Å². The molecule has 1 aromatic carbocycles. The van der Waals surface area contributed by atoms with Gasteiger partial charge in [-0.3, -0.25) is 9.71 Å². The molecule has 4 rings (SSSR count). The molecule has 0 bridgehead atoms. The average molecular weight is 380 g/mol. The van der Waals surface area contributed by atoms with E-state index >= 15 is 0 Å². The fourth-order valence-corrected chi connectivity index (χ4v) is 4.52. The van der Waals surface area contributed by atoms with Crippen LogP contribution in [0.2, 0.25) is 0 Å². The third-order valence-electron chi connectivity index (χ3n) is 5.18. The molecule has 142 valence electrons. The molecule has 1 fully saturated rings. The minimum absolute atomic E-state index is 0.499. The number of rotatable bonds is 8. The van der Waals surface area contributed by atoms with Crippen molar-refractivity contribution >= 4 is 22.9 Å². The van der Waals surface area contributed by atoms with Gasteiger partial charge in [-0.15, -0.1) is 0 Å². The summed E-state index contributed by atoms with van der Waals surface area (Å²) in [4.78, 5) is 4.15. The van der Waals surface area contributed by atoms with Crippen molar-refractivity contribution < 1.29 is 0 Å². The summed E-state index contributed by atoms with van der Waals surface area (Å²) in [6, 6.07) is 11.1. The van der Waals surface area contributed by atoms with Gasteiger partial charge >= 0.3 is 0 Å². The summed E-state index contributed by atoms with van der Waals surface area (Å²) in [7, 11) is 0. The summed E-state index contributed by atoms with van der Waals surface area (Å²) < 4.78 is 6.05. The lowest BCUT2D eigenvalue weighted by Gasteiger charge is -2.11. The van der Waals surface area contributed by atoms with Crippen molar-refractivity contribution in [3.63, 3.8) is 0 Å². The zero-order chi connectivity index (χ0) is 18.8. The lowest BCUT2D eigenvalue weighted by Crippen LogP contribution is -2.13. The van der Waals surface area contributed by atoms with Crippen LogP contribution in [-0.2, 0) is 6.54 Å². The molecule has 3 nitrogen and oxygen atoms in total. The molecule has 1 aliphatic rings. The molecule has 0 saturated heterocycles. The first kappa shape index (κ1) is 18.6. The van der Waals surface area contributed by atoms with E-state index in [0.717, 1.165) is 18.3 Å². The van der Waals surface area contributed by atoms with Gasteiger partial charge in [0.15, 0.2) is 0 Å². The van der Waals surface area contributed by atoms with Crippen LogP contribution in [0.15, 0.2) is 48.9 Å². The first-order valence-corrected chi connectivity index (χ1v) is 10.9. The number of fused-ring (bicyclic) bond motifs is 1. The largest absolute Gasteiger partial charge is 0.347 e. The number of hydrogen-bond donors (Lipinski definition) is 1. The van der Waals surface area contributed by atoms with Crippen LogP contribution < -0.4 is 4.72 Å². The SMILES string of the molecule is CC(C)Cn1cc(C(C)CNSC2CC2)c2ccc(-c3ccncc3)cc21. The van der Waals surface area contributed by atoms with Crippen molar-refractivity contribution in [1.82, 2.24) is 14.3 Å². The monoisotopic (exact) mass is 379 g/mol. The molecule has 1 N–H and O–H groups in total. The quantitative estimate of drug-likeness (QED) is 0.497. The number of benzene rings is 1. The van der Waals surface area contributed by atoms with E-state index < -0.39 is 0 Å². The van der Waals surface area contributed by atoms with E-state index in [0.29, 0.717) is 11.8 Å². The van der Waals surface area contributed by atoms with Gasteiger partial charge in [0.2, 0.25) is 0 Å². The van der Waals surface area contributed by atoms with Crippen molar-refractivity contribution in [3.8, 4) is 11.1 Å². The fourth-order valence-electron chi connectivity index (χ4n) is 3.57. The second-order valence-electron chi connectivity index (χ2n) is 8.17. The Morgan fingerprint density at radius 2 is 1.89 bits per heavy atom. The van der Waals surface area contributed by atoms with E-state index in [1.54, 1.807) is 0 Å². The average Bonchev–Trinajstić information content (AvgIpc) is 3.43. The van der Waals surface area contributed by atoms with Crippen LogP contribution in [0.3, 0.4) is 0 Å². The maximum Gasteiger partial charge on any atom is 0.0489 e. The highest BCUT2D eigenvalue weighted by atomic mass is 32.2. The molecular formula is C23H29N3S. The van der Waals surface area contributed by atoms with E-state index in [4.69, 9.17) is 0 Å². The predicted octanol–water partition coefficient (Wildman–Crippen LogP) is 5.86. The van der Waals surface area contributed by atoms with Crippen molar-refractivity contribution in [2.24, 2.45) is 5.92 Å². The lowest BCUT2D eigenvalue weighted by molar-refractivity contribution is 0.533. The zero-order valence-electron chi connectivity index (χ0n) is 16.5. The molecular weight excluding hydrogens is 350 g/mol. The molecule has 0 spiro atoms. The van der Waals surface area contributed by atoms with Crippen molar-refractivity contribution in [2.45, 2.75) is 51.3 Å². The highest BCUT2D eigenvalue weighted by Crippen LogP contribution is 2.34. The number of hydrogen-bond acceptors (Lipinski definition) is 3. The summed E-state index contributed by atoms with van der Waals surface area (Å²) in [5.41, 5.74) is 5.28. The summed E-state index contributed by atoms with van der Waals surface area (Å²) in [5, 5.41) is 2.24. The van der Waals surface area contributed by atoms with Crippen LogP contribution >= 0.6 is 11.9 Å². The normalized spacial score (nSPS) is 15.6. The minimum atomic E-state index is 0.499. The van der Waals surface area contributed by atoms with Gasteiger partial charge in [0, 0.05) is 47.8 Å². The smallest absolute Gasteiger partial charge is 0.0489 e. The van der Waals surface area contributed by atoms with Gasteiger partial charge in [0.05, 0.1) is 0 Å². The van der Waals surface area contributed by atoms with E-state index in [-0.39, 0.29) is 0 Å². The Balaban J connectivity index is 1.66. The third kappa shape index (κ3) is 4.39. The molecule has 1 atom stereocenters. The maximum atomic E-state index is 4.15. The van der Waals surface area contributed by atoms with Gasteiger partial charge in [-0.1, -0.05) is 44.9 Å². The van der Waals surface area contributed by atoms with Crippen molar-refractivity contribution in [1.29, 1.82) is 0 Å². The van der Waals surface area contributed by atoms with Gasteiger partial charge in [0.25, 0.3) is 0 Å². The molecule has 2 heterocycles. The summed E-state index contributed by atoms with van der Waals surface area (Å²) in [6.45, 7) is 8.98. The van der Waals surface area contributed by atoms with Gasteiger partial charge in [0.1, 0.15) is 0 Å². The van der Waals surface area contributed by atoms with Crippen molar-refractivity contribution in [3.05, 3.63) is 54.5 Å². The lowest BCUT2D eigenvalue weighted by atomic mass is 9.98. The third-order valence-corrected chi connectivity index (χ3v) is 6.32. The number of aromatic nitrogens is 2. The topological polar surface area (TPSA) is 29.9 Å². The minimum Gasteiger partial charge on any atom is -0.347 e. The molecule has 27 heavy (non-hydrogen) atoms. The Bertz CT molecular complexity index is 897. The summed E-state index contributed by atoms with van der Waals surface area (Å²) in [6.07, 6.45) is 8.86. The predicted molar refractivity (Wildman–Crippen MR) is 117 cm³/mol. The summed E-state index contributed by atoms with van der Waals surface area (Å²) in [5.74, 6) is 1.12. The maximum absolute atomic E-state index is 4.15. The summed E-state index contributed by atoms with van der Waals surface area (Å²) >= 11 is 1.93.